The fourth-order valence-electron chi connectivity index (χ4n) is 1.83. The van der Waals surface area contributed by atoms with Gasteiger partial charge in [-0.25, -0.2) is 0 Å². The summed E-state index contributed by atoms with van der Waals surface area (Å²) in [6.07, 6.45) is 3.84. The van der Waals surface area contributed by atoms with Crippen LogP contribution in [-0.2, 0) is 13.6 Å². The minimum atomic E-state index is 0.0895. The van der Waals surface area contributed by atoms with Crippen molar-refractivity contribution < 1.29 is 0 Å². The molecule has 0 amide bonds. The number of nitrogens with zero attached hydrogens (tertiary/aromatic N) is 3. The molecule has 5 heteroatoms. The van der Waals surface area contributed by atoms with Crippen LogP contribution in [0.5, 0.6) is 0 Å². The molecule has 0 saturated heterocycles. The number of nitrogens with two attached hydrogens (primary N) is 1. The summed E-state index contributed by atoms with van der Waals surface area (Å²) in [5.74, 6) is 0.0895. The molecule has 0 fully saturated rings. The minimum Gasteiger partial charge on any atom is -0.384 e. The van der Waals surface area contributed by atoms with Crippen LogP contribution in [0.1, 0.15) is 11.1 Å². The number of rotatable bonds is 4. The molecule has 3 N–H and O–H groups in total. The average molecular weight is 243 g/mol. The van der Waals surface area contributed by atoms with Gasteiger partial charge in [-0.05, 0) is 12.1 Å². The Morgan fingerprint density at radius 2 is 2.28 bits per heavy atom. The van der Waals surface area contributed by atoms with Crippen LogP contribution in [0.3, 0.4) is 0 Å². The van der Waals surface area contributed by atoms with Crippen LogP contribution in [-0.4, -0.2) is 22.7 Å². The third-order valence-corrected chi connectivity index (χ3v) is 2.78. The summed E-state index contributed by atoms with van der Waals surface area (Å²) in [6.45, 7) is 0.773. The molecule has 2 aromatic rings. The monoisotopic (exact) mass is 243 g/mol. The maximum absolute atomic E-state index is 7.44. The Morgan fingerprint density at radius 3 is 2.89 bits per heavy atom. The van der Waals surface area contributed by atoms with Crippen molar-refractivity contribution in [3.8, 4) is 0 Å². The first kappa shape index (κ1) is 12.2. The van der Waals surface area contributed by atoms with Crippen LogP contribution in [0.25, 0.3) is 0 Å². The smallest absolute Gasteiger partial charge is 0.122 e. The van der Waals surface area contributed by atoms with E-state index in [4.69, 9.17) is 11.1 Å². The molecule has 0 radical (unpaired) electrons. The van der Waals surface area contributed by atoms with Gasteiger partial charge in [-0.1, -0.05) is 12.1 Å². The normalized spacial score (nSPS) is 10.3. The predicted molar refractivity (Wildman–Crippen MR) is 72.8 cm³/mol. The lowest BCUT2D eigenvalue weighted by atomic mass is 10.1. The number of hydrogen-bond acceptors (Lipinski definition) is 3. The molecule has 1 aromatic carbocycles. The number of hydrogen-bond donors (Lipinski definition) is 2. The fraction of sp³-hybridized carbons (Fsp3) is 0.231. The molecule has 5 nitrogen and oxygen atoms in total. The van der Waals surface area contributed by atoms with Gasteiger partial charge in [0, 0.05) is 43.7 Å². The van der Waals surface area contributed by atoms with Crippen LogP contribution in [0.4, 0.5) is 5.69 Å². The molecule has 0 bridgehead atoms. The van der Waals surface area contributed by atoms with Gasteiger partial charge in [0.2, 0.25) is 0 Å². The van der Waals surface area contributed by atoms with E-state index >= 15 is 0 Å². The Labute approximate surface area is 106 Å². The van der Waals surface area contributed by atoms with Gasteiger partial charge in [0.15, 0.2) is 0 Å². The van der Waals surface area contributed by atoms with Crippen LogP contribution >= 0.6 is 0 Å². The second-order valence-corrected chi connectivity index (χ2v) is 4.34. The summed E-state index contributed by atoms with van der Waals surface area (Å²) in [5, 5.41) is 11.6. The Hall–Kier alpha value is -2.30. The van der Waals surface area contributed by atoms with E-state index in [0.29, 0.717) is 0 Å². The van der Waals surface area contributed by atoms with Gasteiger partial charge in [-0.15, -0.1) is 0 Å². The summed E-state index contributed by atoms with van der Waals surface area (Å²) in [6, 6.07) is 7.66. The number of aromatic nitrogens is 2. The maximum Gasteiger partial charge on any atom is 0.122 e. The molecule has 1 heterocycles. The highest BCUT2D eigenvalue weighted by Gasteiger charge is 2.05. The highest BCUT2D eigenvalue weighted by atomic mass is 15.2. The van der Waals surface area contributed by atoms with Gasteiger partial charge < -0.3 is 10.6 Å². The Kier molecular flexibility index (Phi) is 3.32. The summed E-state index contributed by atoms with van der Waals surface area (Å²) in [5.41, 5.74) is 8.41. The topological polar surface area (TPSA) is 70.9 Å². The molecule has 18 heavy (non-hydrogen) atoms. The van der Waals surface area contributed by atoms with E-state index < -0.39 is 0 Å². The molecule has 0 atom stereocenters. The third kappa shape index (κ3) is 2.68. The Balaban J connectivity index is 2.15. The van der Waals surface area contributed by atoms with E-state index in [1.54, 1.807) is 4.68 Å². The maximum atomic E-state index is 7.44. The quantitative estimate of drug-likeness (QED) is 0.629. The number of nitrogen functional groups attached to an aromatic ring is 1. The molecular weight excluding hydrogens is 226 g/mol. The Bertz CT molecular complexity index is 558. The number of amidine groups is 1. The summed E-state index contributed by atoms with van der Waals surface area (Å²) in [4.78, 5) is 2.10. The zero-order valence-corrected chi connectivity index (χ0v) is 10.6. The molecule has 94 valence electrons. The van der Waals surface area contributed by atoms with Gasteiger partial charge in [0.25, 0.3) is 0 Å². The first-order chi connectivity index (χ1) is 8.56. The highest BCUT2D eigenvalue weighted by molar-refractivity contribution is 5.95. The average Bonchev–Trinajstić information content (AvgIpc) is 2.75. The van der Waals surface area contributed by atoms with Crippen molar-refractivity contribution in [2.24, 2.45) is 12.8 Å². The van der Waals surface area contributed by atoms with E-state index in [-0.39, 0.29) is 5.84 Å². The first-order valence-corrected chi connectivity index (χ1v) is 5.69. The molecule has 0 aliphatic rings. The summed E-state index contributed by atoms with van der Waals surface area (Å²) < 4.78 is 1.79. The zero-order valence-electron chi connectivity index (χ0n) is 10.6. The van der Waals surface area contributed by atoms with Crippen LogP contribution in [0.2, 0.25) is 0 Å². The van der Waals surface area contributed by atoms with Crippen molar-refractivity contribution in [3.63, 3.8) is 0 Å². The van der Waals surface area contributed by atoms with Gasteiger partial charge in [-0.2, -0.15) is 5.10 Å². The van der Waals surface area contributed by atoms with Crippen LogP contribution in [0.15, 0.2) is 36.7 Å². The van der Waals surface area contributed by atoms with Crippen molar-refractivity contribution >= 4 is 11.5 Å². The Morgan fingerprint density at radius 1 is 1.50 bits per heavy atom. The van der Waals surface area contributed by atoms with Crippen molar-refractivity contribution in [3.05, 3.63) is 47.8 Å². The highest BCUT2D eigenvalue weighted by Crippen LogP contribution is 2.16. The number of anilines is 1. The largest absolute Gasteiger partial charge is 0.384 e. The lowest BCUT2D eigenvalue weighted by molar-refractivity contribution is 0.766. The summed E-state index contributed by atoms with van der Waals surface area (Å²) >= 11 is 0. The van der Waals surface area contributed by atoms with E-state index in [0.717, 1.165) is 23.4 Å². The molecular formula is C13H17N5. The second kappa shape index (κ2) is 4.91. The van der Waals surface area contributed by atoms with Crippen molar-refractivity contribution in [1.29, 1.82) is 5.41 Å². The first-order valence-electron chi connectivity index (χ1n) is 5.69. The summed E-state index contributed by atoms with van der Waals surface area (Å²) in [7, 11) is 3.91. The SMILES string of the molecule is CN(Cc1cnn(C)c1)c1cccc(C(=N)N)c1. The molecule has 0 spiro atoms. The lowest BCUT2D eigenvalue weighted by Gasteiger charge is -2.19. The van der Waals surface area contributed by atoms with Gasteiger partial charge >= 0.3 is 0 Å². The molecule has 0 saturated carbocycles. The molecule has 2 rings (SSSR count). The molecule has 0 aliphatic carbocycles. The van der Waals surface area contributed by atoms with E-state index in [1.165, 1.54) is 0 Å². The van der Waals surface area contributed by atoms with Crippen LogP contribution in [0, 0.1) is 5.41 Å². The lowest BCUT2D eigenvalue weighted by Crippen LogP contribution is -2.17. The van der Waals surface area contributed by atoms with E-state index in [2.05, 4.69) is 10.00 Å². The molecule has 1 aromatic heterocycles. The number of aryl methyl sites for hydroxylation is 1. The molecule has 0 aliphatic heterocycles. The van der Waals surface area contributed by atoms with Crippen molar-refractivity contribution in [2.45, 2.75) is 6.54 Å². The third-order valence-electron chi connectivity index (χ3n) is 2.78. The van der Waals surface area contributed by atoms with E-state index in [1.807, 2.05) is 50.8 Å². The number of benzene rings is 1. The number of nitrogens with one attached hydrogen (secondary N) is 1. The van der Waals surface area contributed by atoms with Gasteiger partial charge in [0.1, 0.15) is 5.84 Å². The second-order valence-electron chi connectivity index (χ2n) is 4.34. The fourth-order valence-corrected chi connectivity index (χ4v) is 1.83. The van der Waals surface area contributed by atoms with Crippen LogP contribution < -0.4 is 10.6 Å². The molecule has 0 unspecified atom stereocenters. The predicted octanol–water partition coefficient (Wildman–Crippen LogP) is 1.34. The minimum absolute atomic E-state index is 0.0895. The standard InChI is InChI=1S/C13H17N5/c1-17(8-10-7-16-18(2)9-10)12-5-3-4-11(6-12)13(14)15/h3-7,9H,8H2,1-2H3,(H3,14,15). The van der Waals surface area contributed by atoms with Gasteiger partial charge in [-0.3, -0.25) is 10.1 Å². The van der Waals surface area contributed by atoms with Crippen molar-refractivity contribution in [1.82, 2.24) is 9.78 Å². The van der Waals surface area contributed by atoms with Gasteiger partial charge in [0.05, 0.1) is 6.20 Å². The zero-order chi connectivity index (χ0) is 13.1. The van der Waals surface area contributed by atoms with E-state index in [9.17, 15) is 0 Å². The van der Waals surface area contributed by atoms with Crippen molar-refractivity contribution in [2.75, 3.05) is 11.9 Å².